The molecule has 0 saturated carbocycles. The Morgan fingerprint density at radius 3 is 2.30 bits per heavy atom. The van der Waals surface area contributed by atoms with Crippen LogP contribution in [-0.4, -0.2) is 23.7 Å². The number of alkyl halides is 2. The molecule has 6 heteroatoms. The molecule has 0 bridgehead atoms. The highest BCUT2D eigenvalue weighted by molar-refractivity contribution is 7.99. The average Bonchev–Trinajstić information content (AvgIpc) is 2.38. The summed E-state index contributed by atoms with van der Waals surface area (Å²) in [5.74, 6) is -2.53. The molecule has 1 aromatic carbocycles. The predicted octanol–water partition coefficient (Wildman–Crippen LogP) is 3.10. The van der Waals surface area contributed by atoms with Gasteiger partial charge in [0.05, 0.1) is 5.54 Å². The van der Waals surface area contributed by atoms with Crippen LogP contribution >= 0.6 is 11.8 Å². The SMILES string of the molecule is CC(C)C(C)(CN)NC(=O)c1ccc(SC(F)F)cc1. The van der Waals surface area contributed by atoms with E-state index in [4.69, 9.17) is 5.73 Å². The number of carbonyl (C=O) groups excluding carboxylic acids is 1. The third kappa shape index (κ3) is 4.45. The Bertz CT molecular complexity index is 451. The summed E-state index contributed by atoms with van der Waals surface area (Å²) in [5.41, 5.74) is 5.65. The first-order chi connectivity index (χ1) is 9.28. The minimum Gasteiger partial charge on any atom is -0.345 e. The molecule has 0 fully saturated rings. The van der Waals surface area contributed by atoms with Crippen LogP contribution in [0.5, 0.6) is 0 Å². The van der Waals surface area contributed by atoms with Gasteiger partial charge in [-0.3, -0.25) is 4.79 Å². The number of carbonyl (C=O) groups is 1. The third-order valence-corrected chi connectivity index (χ3v) is 4.16. The highest BCUT2D eigenvalue weighted by atomic mass is 32.2. The predicted molar refractivity (Wildman–Crippen MR) is 78.1 cm³/mol. The van der Waals surface area contributed by atoms with Gasteiger partial charge >= 0.3 is 0 Å². The van der Waals surface area contributed by atoms with Crippen LogP contribution in [0.15, 0.2) is 29.2 Å². The zero-order valence-corrected chi connectivity index (χ0v) is 12.6. The second-order valence-corrected chi connectivity index (χ2v) is 6.20. The maximum atomic E-state index is 12.2. The first-order valence-corrected chi connectivity index (χ1v) is 7.24. The van der Waals surface area contributed by atoms with Gasteiger partial charge in [-0.1, -0.05) is 25.6 Å². The Morgan fingerprint density at radius 1 is 1.35 bits per heavy atom. The summed E-state index contributed by atoms with van der Waals surface area (Å²) in [6.07, 6.45) is 0. The van der Waals surface area contributed by atoms with E-state index in [-0.39, 0.29) is 11.8 Å². The van der Waals surface area contributed by atoms with Crippen molar-refractivity contribution in [2.45, 2.75) is 37.0 Å². The number of thioether (sulfide) groups is 1. The Kier molecular flexibility index (Phi) is 5.95. The molecule has 1 unspecified atom stereocenters. The van der Waals surface area contributed by atoms with Gasteiger partial charge in [0.25, 0.3) is 11.7 Å². The molecule has 3 nitrogen and oxygen atoms in total. The Hall–Kier alpha value is -1.14. The Balaban J connectivity index is 2.78. The van der Waals surface area contributed by atoms with Crippen molar-refractivity contribution in [1.29, 1.82) is 0 Å². The molecule has 1 atom stereocenters. The summed E-state index contributed by atoms with van der Waals surface area (Å²) in [6, 6.07) is 6.11. The molecule has 0 saturated heterocycles. The minimum absolute atomic E-state index is 0.185. The number of hydrogen-bond donors (Lipinski definition) is 2. The summed E-state index contributed by atoms with van der Waals surface area (Å²) < 4.78 is 24.4. The summed E-state index contributed by atoms with van der Waals surface area (Å²) in [5, 5.41) is 2.90. The van der Waals surface area contributed by atoms with Crippen LogP contribution in [0, 0.1) is 5.92 Å². The standard InChI is InChI=1S/C14H20F2N2OS/c1-9(2)14(3,8-17)18-12(19)10-4-6-11(7-5-10)20-13(15)16/h4-7,9,13H,8,17H2,1-3H3,(H,18,19). The minimum atomic E-state index is -2.46. The molecule has 1 amide bonds. The van der Waals surface area contributed by atoms with Crippen LogP contribution in [-0.2, 0) is 0 Å². The van der Waals surface area contributed by atoms with E-state index in [9.17, 15) is 13.6 Å². The topological polar surface area (TPSA) is 55.1 Å². The normalized spacial score (nSPS) is 14.4. The molecule has 0 aromatic heterocycles. The van der Waals surface area contributed by atoms with Crippen molar-refractivity contribution in [3.63, 3.8) is 0 Å². The van der Waals surface area contributed by atoms with E-state index in [0.717, 1.165) is 0 Å². The second-order valence-electron chi connectivity index (χ2n) is 5.13. The monoisotopic (exact) mass is 302 g/mol. The van der Waals surface area contributed by atoms with E-state index in [1.54, 1.807) is 0 Å². The first kappa shape index (κ1) is 16.9. The van der Waals surface area contributed by atoms with Gasteiger partial charge in [-0.15, -0.1) is 0 Å². The third-order valence-electron chi connectivity index (χ3n) is 3.44. The molecule has 1 aromatic rings. The number of amides is 1. The van der Waals surface area contributed by atoms with Gasteiger partial charge in [0.1, 0.15) is 0 Å². The smallest absolute Gasteiger partial charge is 0.288 e. The van der Waals surface area contributed by atoms with Crippen molar-refractivity contribution in [2.24, 2.45) is 11.7 Å². The Morgan fingerprint density at radius 2 is 1.90 bits per heavy atom. The lowest BCUT2D eigenvalue weighted by Crippen LogP contribution is -2.55. The molecule has 1 rings (SSSR count). The largest absolute Gasteiger partial charge is 0.345 e. The summed E-state index contributed by atoms with van der Waals surface area (Å²) in [6.45, 7) is 6.18. The number of halogens is 2. The second kappa shape index (κ2) is 7.04. The summed E-state index contributed by atoms with van der Waals surface area (Å²) >= 11 is 0.456. The first-order valence-electron chi connectivity index (χ1n) is 6.36. The molecule has 0 aliphatic rings. The van der Waals surface area contributed by atoms with Crippen LogP contribution in [0.1, 0.15) is 31.1 Å². The number of hydrogen-bond acceptors (Lipinski definition) is 3. The van der Waals surface area contributed by atoms with Gasteiger partial charge in [-0.2, -0.15) is 8.78 Å². The van der Waals surface area contributed by atoms with Gasteiger partial charge < -0.3 is 11.1 Å². The molecule has 0 aliphatic heterocycles. The molecular weight excluding hydrogens is 282 g/mol. The fourth-order valence-electron chi connectivity index (χ4n) is 1.55. The van der Waals surface area contributed by atoms with Crippen molar-refractivity contribution in [1.82, 2.24) is 5.32 Å². The zero-order chi connectivity index (χ0) is 15.3. The maximum absolute atomic E-state index is 12.2. The van der Waals surface area contributed by atoms with Gasteiger partial charge in [-0.25, -0.2) is 0 Å². The summed E-state index contributed by atoms with van der Waals surface area (Å²) in [7, 11) is 0. The zero-order valence-electron chi connectivity index (χ0n) is 11.8. The van der Waals surface area contributed by atoms with Crippen LogP contribution in [0.2, 0.25) is 0 Å². The molecule has 0 heterocycles. The quantitative estimate of drug-likeness (QED) is 0.794. The highest BCUT2D eigenvalue weighted by Gasteiger charge is 2.28. The van der Waals surface area contributed by atoms with Gasteiger partial charge in [0, 0.05) is 17.0 Å². The Labute approximate surface area is 122 Å². The molecule has 0 spiro atoms. The molecule has 20 heavy (non-hydrogen) atoms. The van der Waals surface area contributed by atoms with E-state index < -0.39 is 11.3 Å². The van der Waals surface area contributed by atoms with Crippen molar-refractivity contribution in [3.05, 3.63) is 29.8 Å². The van der Waals surface area contributed by atoms with E-state index >= 15 is 0 Å². The lowest BCUT2D eigenvalue weighted by atomic mass is 9.88. The number of nitrogens with two attached hydrogens (primary N) is 1. The van der Waals surface area contributed by atoms with Gasteiger partial charge in [0.15, 0.2) is 0 Å². The molecule has 0 aliphatic carbocycles. The van der Waals surface area contributed by atoms with E-state index in [0.29, 0.717) is 28.8 Å². The summed E-state index contributed by atoms with van der Waals surface area (Å²) in [4.78, 5) is 12.6. The van der Waals surface area contributed by atoms with Crippen LogP contribution in [0.25, 0.3) is 0 Å². The highest BCUT2D eigenvalue weighted by Crippen LogP contribution is 2.25. The van der Waals surface area contributed by atoms with E-state index in [1.807, 2.05) is 20.8 Å². The van der Waals surface area contributed by atoms with Crippen molar-refractivity contribution < 1.29 is 13.6 Å². The van der Waals surface area contributed by atoms with E-state index in [1.165, 1.54) is 24.3 Å². The number of benzene rings is 1. The van der Waals surface area contributed by atoms with Gasteiger partial charge in [-0.05, 0) is 37.1 Å². The lowest BCUT2D eigenvalue weighted by molar-refractivity contribution is 0.0883. The average molecular weight is 302 g/mol. The number of rotatable bonds is 6. The molecule has 3 N–H and O–H groups in total. The number of nitrogens with one attached hydrogen (secondary N) is 1. The molecule has 112 valence electrons. The van der Waals surface area contributed by atoms with Crippen molar-refractivity contribution >= 4 is 17.7 Å². The lowest BCUT2D eigenvalue weighted by Gasteiger charge is -2.33. The van der Waals surface area contributed by atoms with Crippen molar-refractivity contribution in [2.75, 3.05) is 6.54 Å². The fourth-order valence-corrected chi connectivity index (χ4v) is 2.05. The van der Waals surface area contributed by atoms with Gasteiger partial charge in [0.2, 0.25) is 0 Å². The fraction of sp³-hybridized carbons (Fsp3) is 0.500. The molecule has 0 radical (unpaired) electrons. The van der Waals surface area contributed by atoms with Crippen LogP contribution in [0.4, 0.5) is 8.78 Å². The maximum Gasteiger partial charge on any atom is 0.288 e. The van der Waals surface area contributed by atoms with Crippen LogP contribution < -0.4 is 11.1 Å². The van der Waals surface area contributed by atoms with E-state index in [2.05, 4.69) is 5.32 Å². The molecular formula is C14H20F2N2OS. The van der Waals surface area contributed by atoms with Crippen LogP contribution in [0.3, 0.4) is 0 Å². The van der Waals surface area contributed by atoms with Crippen molar-refractivity contribution in [3.8, 4) is 0 Å².